The van der Waals surface area contributed by atoms with Crippen LogP contribution in [0.2, 0.25) is 0 Å². The molecule has 1 unspecified atom stereocenters. The number of pyridine rings is 1. The number of aromatic nitrogens is 3. The Kier molecular flexibility index (Phi) is 8.94. The zero-order chi connectivity index (χ0) is 19.1. The first-order valence-electron chi connectivity index (χ1n) is 9.76. The van der Waals surface area contributed by atoms with Crippen molar-refractivity contribution in [2.75, 3.05) is 26.2 Å². The lowest BCUT2D eigenvalue weighted by molar-refractivity contribution is -0.132. The molecule has 1 amide bonds. The van der Waals surface area contributed by atoms with Crippen molar-refractivity contribution >= 4 is 41.5 Å². The number of nitrogens with one attached hydrogen (secondary N) is 2. The van der Waals surface area contributed by atoms with Crippen molar-refractivity contribution in [3.63, 3.8) is 0 Å². The lowest BCUT2D eigenvalue weighted by Gasteiger charge is -2.31. The Balaban J connectivity index is 0.00000280. The first-order chi connectivity index (χ1) is 13.2. The first kappa shape index (κ1) is 22.4. The molecule has 154 valence electrons. The molecule has 2 N–H and O–H groups in total. The molecule has 0 aromatic carbocycles. The van der Waals surface area contributed by atoms with Crippen LogP contribution >= 0.6 is 24.0 Å². The summed E-state index contributed by atoms with van der Waals surface area (Å²) in [5.74, 6) is 2.28. The smallest absolute Gasteiger partial charge is 0.224 e. The third kappa shape index (κ3) is 6.05. The number of carbonyl (C=O) groups excluding carboxylic acids is 1. The number of fused-ring (bicyclic) bond motifs is 1. The monoisotopic (exact) mass is 499 g/mol. The highest BCUT2D eigenvalue weighted by Gasteiger charge is 2.20. The van der Waals surface area contributed by atoms with Gasteiger partial charge in [0.05, 0.1) is 0 Å². The Bertz CT molecular complexity index is 791. The number of halogens is 1. The second-order valence-corrected chi connectivity index (χ2v) is 7.00. The van der Waals surface area contributed by atoms with Gasteiger partial charge in [-0.15, -0.1) is 34.2 Å². The lowest BCUT2D eigenvalue weighted by atomic mass is 10.00. The van der Waals surface area contributed by atoms with Crippen LogP contribution in [0.1, 0.15) is 38.9 Å². The zero-order valence-corrected chi connectivity index (χ0v) is 18.9. The molecule has 9 heteroatoms. The van der Waals surface area contributed by atoms with Crippen molar-refractivity contribution in [1.29, 1.82) is 0 Å². The molecule has 0 radical (unpaired) electrons. The predicted octanol–water partition coefficient (Wildman–Crippen LogP) is 2.05. The molecule has 28 heavy (non-hydrogen) atoms. The van der Waals surface area contributed by atoms with Gasteiger partial charge in [0.15, 0.2) is 17.4 Å². The Labute approximate surface area is 183 Å². The van der Waals surface area contributed by atoms with E-state index in [-0.39, 0.29) is 29.9 Å². The van der Waals surface area contributed by atoms with Gasteiger partial charge in [-0.25, -0.2) is 4.99 Å². The van der Waals surface area contributed by atoms with Gasteiger partial charge >= 0.3 is 0 Å². The minimum atomic E-state index is 0. The van der Waals surface area contributed by atoms with Crippen LogP contribution in [0.3, 0.4) is 0 Å². The van der Waals surface area contributed by atoms with Gasteiger partial charge in [0.1, 0.15) is 6.54 Å². The minimum Gasteiger partial charge on any atom is -0.357 e. The SMILES string of the molecule is CCNC(=NCc1nnc2ccccn12)NCCC(=O)N1CCCC(C)C1.I. The summed E-state index contributed by atoms with van der Waals surface area (Å²) in [5.41, 5.74) is 0.807. The summed E-state index contributed by atoms with van der Waals surface area (Å²) in [7, 11) is 0. The number of nitrogens with zero attached hydrogens (tertiary/aromatic N) is 5. The molecule has 1 atom stereocenters. The second-order valence-electron chi connectivity index (χ2n) is 7.00. The number of likely N-dealkylation sites (tertiary alicyclic amines) is 1. The molecule has 1 aliphatic rings. The summed E-state index contributed by atoms with van der Waals surface area (Å²) < 4.78 is 1.92. The molecular weight excluding hydrogens is 469 g/mol. The Morgan fingerprint density at radius 2 is 2.18 bits per heavy atom. The normalized spacial score (nSPS) is 17.3. The summed E-state index contributed by atoms with van der Waals surface area (Å²) in [6, 6.07) is 5.79. The van der Waals surface area contributed by atoms with E-state index in [1.807, 2.05) is 40.6 Å². The summed E-state index contributed by atoms with van der Waals surface area (Å²) in [5, 5.41) is 14.8. The van der Waals surface area contributed by atoms with E-state index in [9.17, 15) is 4.79 Å². The maximum absolute atomic E-state index is 12.4. The predicted molar refractivity (Wildman–Crippen MR) is 121 cm³/mol. The van der Waals surface area contributed by atoms with E-state index in [0.717, 1.165) is 37.5 Å². The van der Waals surface area contributed by atoms with E-state index < -0.39 is 0 Å². The maximum Gasteiger partial charge on any atom is 0.224 e. The van der Waals surface area contributed by atoms with Crippen molar-refractivity contribution in [3.8, 4) is 0 Å². The Hall–Kier alpha value is -1.91. The van der Waals surface area contributed by atoms with Gasteiger partial charge in [0.2, 0.25) is 5.91 Å². The van der Waals surface area contributed by atoms with E-state index in [1.165, 1.54) is 6.42 Å². The molecule has 0 spiro atoms. The van der Waals surface area contributed by atoms with Crippen molar-refractivity contribution in [2.45, 2.75) is 39.7 Å². The minimum absolute atomic E-state index is 0. The Morgan fingerprint density at radius 3 is 2.96 bits per heavy atom. The largest absolute Gasteiger partial charge is 0.357 e. The number of rotatable bonds is 6. The fourth-order valence-electron chi connectivity index (χ4n) is 3.35. The summed E-state index contributed by atoms with van der Waals surface area (Å²) in [6.45, 7) is 7.73. The van der Waals surface area contributed by atoms with Gasteiger partial charge in [-0.1, -0.05) is 13.0 Å². The van der Waals surface area contributed by atoms with Gasteiger partial charge < -0.3 is 15.5 Å². The summed E-state index contributed by atoms with van der Waals surface area (Å²) in [4.78, 5) is 18.9. The highest BCUT2D eigenvalue weighted by Crippen LogP contribution is 2.15. The van der Waals surface area contributed by atoms with Crippen LogP contribution in [0, 0.1) is 5.92 Å². The average molecular weight is 499 g/mol. The number of guanidine groups is 1. The van der Waals surface area contributed by atoms with Crippen LogP contribution in [0.15, 0.2) is 29.4 Å². The van der Waals surface area contributed by atoms with Gasteiger partial charge in [-0.2, -0.15) is 0 Å². The molecule has 1 aliphatic heterocycles. The molecule has 0 bridgehead atoms. The van der Waals surface area contributed by atoms with E-state index in [4.69, 9.17) is 0 Å². The van der Waals surface area contributed by atoms with E-state index in [1.54, 1.807) is 0 Å². The summed E-state index contributed by atoms with van der Waals surface area (Å²) >= 11 is 0. The molecule has 1 fully saturated rings. The van der Waals surface area contributed by atoms with Crippen LogP contribution in [-0.2, 0) is 11.3 Å². The van der Waals surface area contributed by atoms with E-state index in [2.05, 4.69) is 32.7 Å². The molecule has 2 aromatic rings. The van der Waals surface area contributed by atoms with Gasteiger partial charge in [0.25, 0.3) is 0 Å². The molecule has 0 saturated carbocycles. The third-order valence-electron chi connectivity index (χ3n) is 4.75. The number of piperidine rings is 1. The van der Waals surface area contributed by atoms with E-state index in [0.29, 0.717) is 31.4 Å². The van der Waals surface area contributed by atoms with Crippen LogP contribution in [-0.4, -0.2) is 57.5 Å². The topological polar surface area (TPSA) is 86.9 Å². The van der Waals surface area contributed by atoms with Gasteiger partial charge in [0, 0.05) is 38.8 Å². The van der Waals surface area contributed by atoms with Crippen LogP contribution in [0.25, 0.3) is 5.65 Å². The van der Waals surface area contributed by atoms with Crippen molar-refractivity contribution < 1.29 is 4.79 Å². The Morgan fingerprint density at radius 1 is 1.32 bits per heavy atom. The number of carbonyl (C=O) groups is 1. The second kappa shape index (κ2) is 11.2. The lowest BCUT2D eigenvalue weighted by Crippen LogP contribution is -2.42. The standard InChI is InChI=1S/C19H29N7O.HI/c1-3-20-19(21-10-9-18(27)25-11-6-7-15(2)14-25)22-13-17-24-23-16-8-4-5-12-26(16)17;/h4-5,8,12,15H,3,6-7,9-11,13-14H2,1-2H3,(H2,20,21,22);1H. The number of hydrogen-bond acceptors (Lipinski definition) is 4. The van der Waals surface area contributed by atoms with Crippen molar-refractivity contribution in [3.05, 3.63) is 30.2 Å². The van der Waals surface area contributed by atoms with Gasteiger partial charge in [-0.05, 0) is 37.8 Å². The fraction of sp³-hybridized carbons (Fsp3) is 0.579. The highest BCUT2D eigenvalue weighted by molar-refractivity contribution is 14.0. The molecular formula is C19H30IN7O. The average Bonchev–Trinajstić information content (AvgIpc) is 3.09. The zero-order valence-electron chi connectivity index (χ0n) is 16.6. The van der Waals surface area contributed by atoms with Crippen LogP contribution in [0.5, 0.6) is 0 Å². The summed E-state index contributed by atoms with van der Waals surface area (Å²) in [6.07, 6.45) is 4.73. The number of amides is 1. The van der Waals surface area contributed by atoms with Crippen molar-refractivity contribution in [2.24, 2.45) is 10.9 Å². The quantitative estimate of drug-likeness (QED) is 0.361. The first-order valence-corrected chi connectivity index (χ1v) is 9.76. The van der Waals surface area contributed by atoms with E-state index >= 15 is 0 Å². The molecule has 8 nitrogen and oxygen atoms in total. The molecule has 2 aromatic heterocycles. The molecule has 0 aliphatic carbocycles. The molecule has 3 rings (SSSR count). The highest BCUT2D eigenvalue weighted by atomic mass is 127. The van der Waals surface area contributed by atoms with Crippen LogP contribution < -0.4 is 10.6 Å². The van der Waals surface area contributed by atoms with Crippen molar-refractivity contribution in [1.82, 2.24) is 30.1 Å². The number of aliphatic imine (C=N–C) groups is 1. The maximum atomic E-state index is 12.4. The molecule has 1 saturated heterocycles. The van der Waals surface area contributed by atoms with Gasteiger partial charge in [-0.3, -0.25) is 9.20 Å². The number of hydrogen-bond donors (Lipinski definition) is 2. The third-order valence-corrected chi connectivity index (χ3v) is 4.75. The fourth-order valence-corrected chi connectivity index (χ4v) is 3.35. The molecule has 3 heterocycles. The van der Waals surface area contributed by atoms with Crippen LogP contribution in [0.4, 0.5) is 0 Å².